The number of rotatable bonds is 1. The molecule has 14 heavy (non-hydrogen) atoms. The summed E-state index contributed by atoms with van der Waals surface area (Å²) in [5, 5.41) is 0. The first-order valence-electron chi connectivity index (χ1n) is 4.80. The van der Waals surface area contributed by atoms with Gasteiger partial charge in [-0.1, -0.05) is 6.07 Å². The SMILES string of the molecule is COc1ccc(C)c2c1OCC[C@H]2N. The Morgan fingerprint density at radius 3 is 3.00 bits per heavy atom. The van der Waals surface area contributed by atoms with Crippen LogP contribution < -0.4 is 15.2 Å². The van der Waals surface area contributed by atoms with Crippen LogP contribution in [0.5, 0.6) is 11.5 Å². The third-order valence-electron chi connectivity index (χ3n) is 2.64. The van der Waals surface area contributed by atoms with Crippen LogP contribution in [0.2, 0.25) is 0 Å². The number of nitrogens with two attached hydrogens (primary N) is 1. The van der Waals surface area contributed by atoms with Gasteiger partial charge in [0, 0.05) is 18.0 Å². The highest BCUT2D eigenvalue weighted by atomic mass is 16.5. The van der Waals surface area contributed by atoms with E-state index in [0.29, 0.717) is 6.61 Å². The molecule has 1 atom stereocenters. The van der Waals surface area contributed by atoms with Gasteiger partial charge in [-0.25, -0.2) is 0 Å². The predicted octanol–water partition coefficient (Wildman–Crippen LogP) is 1.79. The van der Waals surface area contributed by atoms with Gasteiger partial charge in [0.2, 0.25) is 0 Å². The van der Waals surface area contributed by atoms with Crippen LogP contribution >= 0.6 is 0 Å². The van der Waals surface area contributed by atoms with Crippen LogP contribution in [0.3, 0.4) is 0 Å². The van der Waals surface area contributed by atoms with Crippen LogP contribution in [0, 0.1) is 6.92 Å². The van der Waals surface area contributed by atoms with Crippen molar-refractivity contribution in [2.75, 3.05) is 13.7 Å². The molecule has 1 aliphatic heterocycles. The lowest BCUT2D eigenvalue weighted by molar-refractivity contribution is 0.252. The molecule has 1 aliphatic rings. The number of benzene rings is 1. The van der Waals surface area contributed by atoms with Crippen molar-refractivity contribution in [3.63, 3.8) is 0 Å². The van der Waals surface area contributed by atoms with Gasteiger partial charge in [0.15, 0.2) is 11.5 Å². The lowest BCUT2D eigenvalue weighted by Gasteiger charge is -2.26. The fraction of sp³-hybridized carbons (Fsp3) is 0.455. The van der Waals surface area contributed by atoms with Gasteiger partial charge in [0.25, 0.3) is 0 Å². The summed E-state index contributed by atoms with van der Waals surface area (Å²) in [6.45, 7) is 2.72. The molecule has 0 unspecified atom stereocenters. The lowest BCUT2D eigenvalue weighted by Crippen LogP contribution is -2.22. The predicted molar refractivity (Wildman–Crippen MR) is 54.8 cm³/mol. The Hall–Kier alpha value is -1.22. The number of hydrogen-bond donors (Lipinski definition) is 1. The van der Waals surface area contributed by atoms with Crippen molar-refractivity contribution in [1.29, 1.82) is 0 Å². The van der Waals surface area contributed by atoms with E-state index in [1.807, 2.05) is 19.1 Å². The van der Waals surface area contributed by atoms with Crippen LogP contribution in [-0.2, 0) is 0 Å². The number of hydrogen-bond acceptors (Lipinski definition) is 3. The fourth-order valence-corrected chi connectivity index (χ4v) is 1.88. The molecular formula is C11H15NO2. The summed E-state index contributed by atoms with van der Waals surface area (Å²) >= 11 is 0. The molecule has 1 heterocycles. The Balaban J connectivity index is 2.57. The van der Waals surface area contributed by atoms with E-state index < -0.39 is 0 Å². The molecule has 0 amide bonds. The summed E-state index contributed by atoms with van der Waals surface area (Å²) in [6.07, 6.45) is 0.876. The molecule has 2 rings (SSSR count). The normalized spacial score (nSPS) is 19.8. The minimum absolute atomic E-state index is 0.0776. The van der Waals surface area contributed by atoms with Crippen LogP contribution in [0.25, 0.3) is 0 Å². The van der Waals surface area contributed by atoms with Crippen molar-refractivity contribution in [3.8, 4) is 11.5 Å². The zero-order chi connectivity index (χ0) is 10.1. The average Bonchev–Trinajstić information content (AvgIpc) is 2.18. The summed E-state index contributed by atoms with van der Waals surface area (Å²) < 4.78 is 10.8. The lowest BCUT2D eigenvalue weighted by atomic mass is 9.96. The number of fused-ring (bicyclic) bond motifs is 1. The molecule has 0 saturated heterocycles. The first-order valence-corrected chi connectivity index (χ1v) is 4.80. The van der Waals surface area contributed by atoms with Crippen LogP contribution in [-0.4, -0.2) is 13.7 Å². The van der Waals surface area contributed by atoms with Crippen molar-refractivity contribution in [1.82, 2.24) is 0 Å². The molecule has 0 spiro atoms. The summed E-state index contributed by atoms with van der Waals surface area (Å²) in [5.41, 5.74) is 8.30. The molecular weight excluding hydrogens is 178 g/mol. The van der Waals surface area contributed by atoms with E-state index in [2.05, 4.69) is 0 Å². The zero-order valence-electron chi connectivity index (χ0n) is 8.54. The third kappa shape index (κ3) is 1.34. The van der Waals surface area contributed by atoms with E-state index in [1.54, 1.807) is 7.11 Å². The molecule has 3 nitrogen and oxygen atoms in total. The standard InChI is InChI=1S/C11H15NO2/c1-7-3-4-9(13-2)11-10(7)8(12)5-6-14-11/h3-4,8H,5-6,12H2,1-2H3/t8-/m1/s1. The maximum atomic E-state index is 6.04. The van der Waals surface area contributed by atoms with Gasteiger partial charge in [-0.15, -0.1) is 0 Å². The summed E-state index contributed by atoms with van der Waals surface area (Å²) in [7, 11) is 1.65. The van der Waals surface area contributed by atoms with Gasteiger partial charge in [-0.3, -0.25) is 0 Å². The Kier molecular flexibility index (Phi) is 2.33. The molecule has 3 heteroatoms. The van der Waals surface area contributed by atoms with E-state index in [0.717, 1.165) is 23.5 Å². The van der Waals surface area contributed by atoms with Crippen molar-refractivity contribution >= 4 is 0 Å². The van der Waals surface area contributed by atoms with Crippen LogP contribution in [0.4, 0.5) is 0 Å². The summed E-state index contributed by atoms with van der Waals surface area (Å²) in [4.78, 5) is 0. The highest BCUT2D eigenvalue weighted by molar-refractivity contribution is 5.52. The van der Waals surface area contributed by atoms with E-state index >= 15 is 0 Å². The number of aryl methyl sites for hydroxylation is 1. The van der Waals surface area contributed by atoms with Gasteiger partial charge in [-0.05, 0) is 18.6 Å². The highest BCUT2D eigenvalue weighted by Crippen LogP contribution is 2.40. The second-order valence-corrected chi connectivity index (χ2v) is 3.57. The zero-order valence-corrected chi connectivity index (χ0v) is 8.54. The average molecular weight is 193 g/mol. The monoisotopic (exact) mass is 193 g/mol. The van der Waals surface area contributed by atoms with Gasteiger partial charge >= 0.3 is 0 Å². The first-order chi connectivity index (χ1) is 6.74. The van der Waals surface area contributed by atoms with Crippen LogP contribution in [0.15, 0.2) is 12.1 Å². The molecule has 0 aliphatic carbocycles. The Bertz CT molecular complexity index is 349. The summed E-state index contributed by atoms with van der Waals surface area (Å²) in [5.74, 6) is 1.60. The van der Waals surface area contributed by atoms with Gasteiger partial charge in [0.05, 0.1) is 13.7 Å². The first kappa shape index (κ1) is 9.34. The Morgan fingerprint density at radius 2 is 2.29 bits per heavy atom. The van der Waals surface area contributed by atoms with Crippen LogP contribution in [0.1, 0.15) is 23.6 Å². The van der Waals surface area contributed by atoms with E-state index in [4.69, 9.17) is 15.2 Å². The third-order valence-corrected chi connectivity index (χ3v) is 2.64. The fourth-order valence-electron chi connectivity index (χ4n) is 1.88. The number of ether oxygens (including phenoxy) is 2. The second kappa shape index (κ2) is 3.50. The Labute approximate surface area is 83.8 Å². The van der Waals surface area contributed by atoms with Crippen molar-refractivity contribution in [3.05, 3.63) is 23.3 Å². The molecule has 76 valence electrons. The molecule has 0 bridgehead atoms. The minimum atomic E-state index is 0.0776. The summed E-state index contributed by atoms with van der Waals surface area (Å²) in [6, 6.07) is 4.02. The van der Waals surface area contributed by atoms with E-state index in [9.17, 15) is 0 Å². The minimum Gasteiger partial charge on any atom is -0.493 e. The van der Waals surface area contributed by atoms with Gasteiger partial charge in [-0.2, -0.15) is 0 Å². The van der Waals surface area contributed by atoms with Crippen molar-refractivity contribution < 1.29 is 9.47 Å². The topological polar surface area (TPSA) is 44.5 Å². The Morgan fingerprint density at radius 1 is 1.50 bits per heavy atom. The quantitative estimate of drug-likeness (QED) is 0.739. The second-order valence-electron chi connectivity index (χ2n) is 3.57. The molecule has 0 aromatic heterocycles. The van der Waals surface area contributed by atoms with Gasteiger partial charge < -0.3 is 15.2 Å². The highest BCUT2D eigenvalue weighted by Gasteiger charge is 2.23. The molecule has 0 fully saturated rings. The largest absolute Gasteiger partial charge is 0.493 e. The van der Waals surface area contributed by atoms with Gasteiger partial charge in [0.1, 0.15) is 0 Å². The smallest absolute Gasteiger partial charge is 0.166 e. The van der Waals surface area contributed by atoms with Crippen molar-refractivity contribution in [2.45, 2.75) is 19.4 Å². The van der Waals surface area contributed by atoms with E-state index in [-0.39, 0.29) is 6.04 Å². The van der Waals surface area contributed by atoms with Crippen molar-refractivity contribution in [2.24, 2.45) is 5.73 Å². The maximum Gasteiger partial charge on any atom is 0.166 e. The molecule has 1 aromatic carbocycles. The number of methoxy groups -OCH3 is 1. The molecule has 0 saturated carbocycles. The molecule has 1 aromatic rings. The molecule has 2 N–H and O–H groups in total. The molecule has 0 radical (unpaired) electrons. The maximum absolute atomic E-state index is 6.04. The van der Waals surface area contributed by atoms with E-state index in [1.165, 1.54) is 5.56 Å².